The van der Waals surface area contributed by atoms with Crippen LogP contribution in [-0.4, -0.2) is 46.8 Å². The standard InChI is InChI=1S/C25H25Cl2N5O/c1-17-22(18(2)32(29-17)21-8-9-23(26)24(27)14-21)15-25(33)31-11-3-10-30(12-13-31)20-6-4-19(16-28)5-7-20/h4-9,14H,3,10-13,15H2,1-2H3. The molecule has 0 aliphatic carbocycles. The fraction of sp³-hybridized carbons (Fsp3) is 0.320. The molecule has 0 atom stereocenters. The number of hydrogen-bond donors (Lipinski definition) is 0. The first-order valence-corrected chi connectivity index (χ1v) is 11.7. The average Bonchev–Trinajstić information content (AvgIpc) is 2.99. The third-order valence-electron chi connectivity index (χ3n) is 6.13. The molecule has 0 radical (unpaired) electrons. The topological polar surface area (TPSA) is 65.2 Å². The summed E-state index contributed by atoms with van der Waals surface area (Å²) in [5, 5.41) is 14.6. The fourth-order valence-corrected chi connectivity index (χ4v) is 4.53. The molecule has 1 aliphatic heterocycles. The van der Waals surface area contributed by atoms with Gasteiger partial charge in [-0.2, -0.15) is 10.4 Å². The molecule has 0 unspecified atom stereocenters. The number of carbonyl (C=O) groups is 1. The molecule has 1 saturated heterocycles. The van der Waals surface area contributed by atoms with Crippen molar-refractivity contribution in [3.8, 4) is 11.8 Å². The van der Waals surface area contributed by atoms with Crippen LogP contribution in [0.25, 0.3) is 5.69 Å². The van der Waals surface area contributed by atoms with Gasteiger partial charge in [0.1, 0.15) is 0 Å². The van der Waals surface area contributed by atoms with Gasteiger partial charge >= 0.3 is 0 Å². The lowest BCUT2D eigenvalue weighted by molar-refractivity contribution is -0.130. The summed E-state index contributed by atoms with van der Waals surface area (Å²) in [5.41, 5.74) is 5.25. The minimum atomic E-state index is 0.108. The van der Waals surface area contributed by atoms with Crippen molar-refractivity contribution in [2.75, 3.05) is 31.1 Å². The second-order valence-corrected chi connectivity index (χ2v) is 9.03. The summed E-state index contributed by atoms with van der Waals surface area (Å²) in [6, 6.07) is 15.2. The fourth-order valence-electron chi connectivity index (χ4n) is 4.23. The molecule has 0 N–H and O–H groups in total. The summed E-state index contributed by atoms with van der Waals surface area (Å²) in [4.78, 5) is 17.4. The molecule has 3 aromatic rings. The first-order valence-electron chi connectivity index (χ1n) is 10.9. The second kappa shape index (κ2) is 9.86. The number of amides is 1. The zero-order chi connectivity index (χ0) is 23.5. The van der Waals surface area contributed by atoms with Crippen LogP contribution in [0.15, 0.2) is 42.5 Å². The monoisotopic (exact) mass is 481 g/mol. The Balaban J connectivity index is 1.45. The molecular weight excluding hydrogens is 457 g/mol. The van der Waals surface area contributed by atoms with Gasteiger partial charge < -0.3 is 9.80 Å². The van der Waals surface area contributed by atoms with Gasteiger partial charge in [0.15, 0.2) is 0 Å². The molecule has 33 heavy (non-hydrogen) atoms. The van der Waals surface area contributed by atoms with Crippen molar-refractivity contribution in [2.24, 2.45) is 0 Å². The minimum Gasteiger partial charge on any atom is -0.370 e. The molecule has 1 aliphatic rings. The Morgan fingerprint density at radius 2 is 1.73 bits per heavy atom. The number of benzene rings is 2. The van der Waals surface area contributed by atoms with E-state index < -0.39 is 0 Å². The summed E-state index contributed by atoms with van der Waals surface area (Å²) in [6.45, 7) is 6.93. The Morgan fingerprint density at radius 3 is 2.42 bits per heavy atom. The zero-order valence-corrected chi connectivity index (χ0v) is 20.2. The molecule has 2 heterocycles. The highest BCUT2D eigenvalue weighted by Gasteiger charge is 2.23. The van der Waals surface area contributed by atoms with Crippen molar-refractivity contribution in [1.82, 2.24) is 14.7 Å². The van der Waals surface area contributed by atoms with E-state index in [0.717, 1.165) is 54.4 Å². The number of aryl methyl sites for hydroxylation is 1. The molecule has 2 aromatic carbocycles. The van der Waals surface area contributed by atoms with E-state index in [1.165, 1.54) is 0 Å². The van der Waals surface area contributed by atoms with E-state index in [1.807, 2.05) is 53.8 Å². The Labute approximate surface area is 203 Å². The maximum Gasteiger partial charge on any atom is 0.227 e. The summed E-state index contributed by atoms with van der Waals surface area (Å²) < 4.78 is 1.81. The lowest BCUT2D eigenvalue weighted by atomic mass is 10.1. The third-order valence-corrected chi connectivity index (χ3v) is 6.87. The Bertz CT molecular complexity index is 1210. The van der Waals surface area contributed by atoms with Gasteiger partial charge in [-0.25, -0.2) is 4.68 Å². The van der Waals surface area contributed by atoms with E-state index in [0.29, 0.717) is 28.6 Å². The van der Waals surface area contributed by atoms with Crippen molar-refractivity contribution in [1.29, 1.82) is 5.26 Å². The average molecular weight is 482 g/mol. The Morgan fingerprint density at radius 1 is 1.00 bits per heavy atom. The first-order chi connectivity index (χ1) is 15.9. The Kier molecular flexibility index (Phi) is 6.92. The smallest absolute Gasteiger partial charge is 0.227 e. The molecular formula is C25H25Cl2N5O. The molecule has 0 spiro atoms. The summed E-state index contributed by atoms with van der Waals surface area (Å²) in [5.74, 6) is 0.108. The van der Waals surface area contributed by atoms with Gasteiger partial charge in [-0.05, 0) is 62.7 Å². The first kappa shape index (κ1) is 23.2. The van der Waals surface area contributed by atoms with Gasteiger partial charge in [-0.15, -0.1) is 0 Å². The number of carbonyl (C=O) groups excluding carboxylic acids is 1. The van der Waals surface area contributed by atoms with Crippen LogP contribution in [0.1, 0.15) is 28.9 Å². The van der Waals surface area contributed by atoms with E-state index in [2.05, 4.69) is 16.1 Å². The number of nitriles is 1. The van der Waals surface area contributed by atoms with Crippen molar-refractivity contribution in [2.45, 2.75) is 26.7 Å². The molecule has 4 rings (SSSR count). The van der Waals surface area contributed by atoms with Crippen LogP contribution < -0.4 is 4.90 Å². The molecule has 0 bridgehead atoms. The van der Waals surface area contributed by atoms with Crippen LogP contribution in [0.2, 0.25) is 10.0 Å². The molecule has 1 aromatic heterocycles. The maximum atomic E-state index is 13.2. The normalized spacial score (nSPS) is 14.2. The highest BCUT2D eigenvalue weighted by Crippen LogP contribution is 2.26. The van der Waals surface area contributed by atoms with Crippen LogP contribution >= 0.6 is 23.2 Å². The molecule has 170 valence electrons. The number of anilines is 1. The van der Waals surface area contributed by atoms with E-state index in [-0.39, 0.29) is 5.91 Å². The maximum absolute atomic E-state index is 13.2. The predicted molar refractivity (Wildman–Crippen MR) is 131 cm³/mol. The number of hydrogen-bond acceptors (Lipinski definition) is 4. The molecule has 0 saturated carbocycles. The van der Waals surface area contributed by atoms with Crippen LogP contribution in [0.3, 0.4) is 0 Å². The van der Waals surface area contributed by atoms with Crippen molar-refractivity contribution in [3.63, 3.8) is 0 Å². The zero-order valence-electron chi connectivity index (χ0n) is 18.7. The number of nitrogens with zero attached hydrogens (tertiary/aromatic N) is 5. The quantitative estimate of drug-likeness (QED) is 0.528. The SMILES string of the molecule is Cc1nn(-c2ccc(Cl)c(Cl)c2)c(C)c1CC(=O)N1CCCN(c2ccc(C#N)cc2)CC1. The number of rotatable bonds is 4. The van der Waals surface area contributed by atoms with E-state index in [9.17, 15) is 4.79 Å². The molecule has 8 heteroatoms. The van der Waals surface area contributed by atoms with Crippen molar-refractivity contribution >= 4 is 34.8 Å². The highest BCUT2D eigenvalue weighted by molar-refractivity contribution is 6.42. The highest BCUT2D eigenvalue weighted by atomic mass is 35.5. The lowest BCUT2D eigenvalue weighted by Crippen LogP contribution is -2.36. The second-order valence-electron chi connectivity index (χ2n) is 8.22. The molecule has 1 fully saturated rings. The van der Waals surface area contributed by atoms with Crippen molar-refractivity contribution < 1.29 is 4.79 Å². The van der Waals surface area contributed by atoms with E-state index in [4.69, 9.17) is 28.5 Å². The number of halogens is 2. The summed E-state index contributed by atoms with van der Waals surface area (Å²) in [7, 11) is 0. The molecule has 1 amide bonds. The van der Waals surface area contributed by atoms with Crippen LogP contribution in [0.5, 0.6) is 0 Å². The molecule has 6 nitrogen and oxygen atoms in total. The Hall–Kier alpha value is -3.01. The third kappa shape index (κ3) is 5.00. The van der Waals surface area contributed by atoms with Crippen LogP contribution in [-0.2, 0) is 11.2 Å². The summed E-state index contributed by atoms with van der Waals surface area (Å²) >= 11 is 12.2. The van der Waals surface area contributed by atoms with E-state index in [1.54, 1.807) is 12.1 Å². The van der Waals surface area contributed by atoms with Gasteiger partial charge in [0.2, 0.25) is 5.91 Å². The van der Waals surface area contributed by atoms with Crippen LogP contribution in [0, 0.1) is 25.2 Å². The van der Waals surface area contributed by atoms with Gasteiger partial charge in [0.25, 0.3) is 0 Å². The van der Waals surface area contributed by atoms with Gasteiger partial charge in [-0.3, -0.25) is 4.79 Å². The lowest BCUT2D eigenvalue weighted by Gasteiger charge is -2.24. The minimum absolute atomic E-state index is 0.108. The van der Waals surface area contributed by atoms with E-state index >= 15 is 0 Å². The summed E-state index contributed by atoms with van der Waals surface area (Å²) in [6.07, 6.45) is 1.21. The largest absolute Gasteiger partial charge is 0.370 e. The van der Waals surface area contributed by atoms with Crippen LogP contribution in [0.4, 0.5) is 5.69 Å². The van der Waals surface area contributed by atoms with Gasteiger partial charge in [-0.1, -0.05) is 23.2 Å². The van der Waals surface area contributed by atoms with Crippen molar-refractivity contribution in [3.05, 3.63) is 75.0 Å². The van der Waals surface area contributed by atoms with Gasteiger partial charge in [0.05, 0.1) is 39.5 Å². The van der Waals surface area contributed by atoms with Gasteiger partial charge in [0, 0.05) is 43.1 Å². The predicted octanol–water partition coefficient (Wildman–Crippen LogP) is 4.95. The number of aromatic nitrogens is 2.